The number of nitro benzene ring substituents is 1. The molecule has 20 heavy (non-hydrogen) atoms. The first-order chi connectivity index (χ1) is 9.40. The zero-order chi connectivity index (χ0) is 14.9. The van der Waals surface area contributed by atoms with Crippen LogP contribution >= 0.6 is 0 Å². The number of carboxylic acid groups (broad SMARTS) is 1. The van der Waals surface area contributed by atoms with Crippen LogP contribution in [0.2, 0.25) is 0 Å². The Morgan fingerprint density at radius 2 is 2.15 bits per heavy atom. The highest BCUT2D eigenvalue weighted by molar-refractivity contribution is 5.69. The van der Waals surface area contributed by atoms with Crippen LogP contribution in [0.1, 0.15) is 5.89 Å². The molecule has 104 valence electrons. The summed E-state index contributed by atoms with van der Waals surface area (Å²) in [5, 5.41) is 22.3. The van der Waals surface area contributed by atoms with Gasteiger partial charge in [0.25, 0.3) is 0 Å². The van der Waals surface area contributed by atoms with Gasteiger partial charge < -0.3 is 9.63 Å². The van der Waals surface area contributed by atoms with Crippen molar-refractivity contribution in [1.82, 2.24) is 10.1 Å². The van der Waals surface area contributed by atoms with E-state index in [1.807, 2.05) is 0 Å². The summed E-state index contributed by atoms with van der Waals surface area (Å²) in [4.78, 5) is 23.4. The Hall–Kier alpha value is -2.91. The van der Waals surface area contributed by atoms with Gasteiger partial charge >= 0.3 is 11.7 Å². The van der Waals surface area contributed by atoms with E-state index in [1.54, 1.807) is 0 Å². The van der Waals surface area contributed by atoms with Crippen LogP contribution in [-0.4, -0.2) is 26.1 Å². The summed E-state index contributed by atoms with van der Waals surface area (Å²) in [6.07, 6.45) is -0.634. The fourth-order valence-electron chi connectivity index (χ4n) is 1.45. The summed E-state index contributed by atoms with van der Waals surface area (Å²) in [5.41, 5.74) is -1.80. The molecule has 1 N–H and O–H groups in total. The summed E-state index contributed by atoms with van der Waals surface area (Å²) in [5.74, 6) is -4.84. The molecule has 0 unspecified atom stereocenters. The van der Waals surface area contributed by atoms with Crippen LogP contribution in [0.25, 0.3) is 11.4 Å². The Morgan fingerprint density at radius 1 is 1.45 bits per heavy atom. The van der Waals surface area contributed by atoms with Crippen molar-refractivity contribution < 1.29 is 28.1 Å². The van der Waals surface area contributed by atoms with Crippen LogP contribution in [0.4, 0.5) is 14.5 Å². The smallest absolute Gasteiger partial charge is 0.312 e. The van der Waals surface area contributed by atoms with Gasteiger partial charge in [0.15, 0.2) is 0 Å². The highest BCUT2D eigenvalue weighted by Gasteiger charge is 2.26. The number of hydrogen-bond acceptors (Lipinski definition) is 6. The lowest BCUT2D eigenvalue weighted by Crippen LogP contribution is -2.01. The number of carbonyl (C=O) groups is 1. The van der Waals surface area contributed by atoms with Crippen molar-refractivity contribution in [3.8, 4) is 11.4 Å². The standard InChI is InChI=1S/C10H5F2N3O5/c11-4-1-2-5(15(18)19)9(12)8(4)10-13-6(20-14-10)3-7(16)17/h1-2H,3H2,(H,16,17). The number of aliphatic carboxylic acids is 1. The van der Waals surface area contributed by atoms with E-state index in [0.717, 1.165) is 0 Å². The third-order valence-electron chi connectivity index (χ3n) is 2.26. The number of rotatable bonds is 4. The van der Waals surface area contributed by atoms with Gasteiger partial charge in [0.2, 0.25) is 17.5 Å². The first-order valence-corrected chi connectivity index (χ1v) is 5.07. The Labute approximate surface area is 108 Å². The van der Waals surface area contributed by atoms with Crippen molar-refractivity contribution in [3.05, 3.63) is 39.8 Å². The van der Waals surface area contributed by atoms with Crippen molar-refractivity contribution in [2.45, 2.75) is 6.42 Å². The molecule has 8 nitrogen and oxygen atoms in total. The van der Waals surface area contributed by atoms with Gasteiger partial charge in [-0.3, -0.25) is 14.9 Å². The maximum absolute atomic E-state index is 13.8. The van der Waals surface area contributed by atoms with E-state index in [2.05, 4.69) is 14.7 Å². The normalized spacial score (nSPS) is 10.5. The Balaban J connectivity index is 2.52. The van der Waals surface area contributed by atoms with E-state index < -0.39 is 46.0 Å². The number of nitro groups is 1. The third kappa shape index (κ3) is 2.43. The first-order valence-electron chi connectivity index (χ1n) is 5.07. The maximum atomic E-state index is 13.8. The monoisotopic (exact) mass is 285 g/mol. The largest absolute Gasteiger partial charge is 0.481 e. The minimum Gasteiger partial charge on any atom is -0.481 e. The lowest BCUT2D eigenvalue weighted by molar-refractivity contribution is -0.387. The zero-order valence-electron chi connectivity index (χ0n) is 9.54. The highest BCUT2D eigenvalue weighted by Crippen LogP contribution is 2.29. The second kappa shape index (κ2) is 4.99. The average molecular weight is 285 g/mol. The fraction of sp³-hybridized carbons (Fsp3) is 0.100. The predicted octanol–water partition coefficient (Wildman–Crippen LogP) is 1.55. The maximum Gasteiger partial charge on any atom is 0.312 e. The molecular weight excluding hydrogens is 280 g/mol. The number of nitrogens with zero attached hydrogens (tertiary/aromatic N) is 3. The van der Waals surface area contributed by atoms with Gasteiger partial charge in [0.1, 0.15) is 17.8 Å². The predicted molar refractivity (Wildman–Crippen MR) is 57.6 cm³/mol. The number of halogens is 2. The van der Waals surface area contributed by atoms with E-state index in [1.165, 1.54) is 0 Å². The van der Waals surface area contributed by atoms with Gasteiger partial charge in [-0.05, 0) is 6.07 Å². The zero-order valence-corrected chi connectivity index (χ0v) is 9.54. The molecule has 2 rings (SSSR count). The first kappa shape index (κ1) is 13.5. The summed E-state index contributed by atoms with van der Waals surface area (Å²) in [6, 6.07) is 1.34. The van der Waals surface area contributed by atoms with Crippen molar-refractivity contribution in [1.29, 1.82) is 0 Å². The Kier molecular flexibility index (Phi) is 3.37. The summed E-state index contributed by atoms with van der Waals surface area (Å²) < 4.78 is 31.9. The summed E-state index contributed by atoms with van der Waals surface area (Å²) in [6.45, 7) is 0. The van der Waals surface area contributed by atoms with Crippen LogP contribution in [-0.2, 0) is 11.2 Å². The van der Waals surface area contributed by atoms with Gasteiger partial charge in [-0.1, -0.05) is 5.16 Å². The van der Waals surface area contributed by atoms with Crippen LogP contribution < -0.4 is 0 Å². The Morgan fingerprint density at radius 3 is 2.75 bits per heavy atom. The molecule has 0 saturated carbocycles. The molecule has 0 spiro atoms. The van der Waals surface area contributed by atoms with E-state index in [4.69, 9.17) is 5.11 Å². The number of benzene rings is 1. The Bertz CT molecular complexity index is 700. The summed E-state index contributed by atoms with van der Waals surface area (Å²) in [7, 11) is 0. The molecule has 0 aliphatic rings. The van der Waals surface area contributed by atoms with Crippen molar-refractivity contribution in [2.75, 3.05) is 0 Å². The molecule has 0 fully saturated rings. The van der Waals surface area contributed by atoms with Crippen LogP contribution in [0.15, 0.2) is 16.7 Å². The van der Waals surface area contributed by atoms with Gasteiger partial charge in [-0.25, -0.2) is 4.39 Å². The lowest BCUT2D eigenvalue weighted by Gasteiger charge is -2.00. The van der Waals surface area contributed by atoms with Crippen LogP contribution in [0.3, 0.4) is 0 Å². The molecule has 0 aliphatic carbocycles. The molecule has 0 atom stereocenters. The molecule has 0 radical (unpaired) electrons. The molecule has 0 amide bonds. The van der Waals surface area contributed by atoms with E-state index in [-0.39, 0.29) is 5.89 Å². The summed E-state index contributed by atoms with van der Waals surface area (Å²) >= 11 is 0. The van der Waals surface area contributed by atoms with E-state index in [0.29, 0.717) is 12.1 Å². The topological polar surface area (TPSA) is 119 Å². The minimum absolute atomic E-state index is 0.377. The second-order valence-electron chi connectivity index (χ2n) is 3.59. The molecule has 0 bridgehead atoms. The second-order valence-corrected chi connectivity index (χ2v) is 3.59. The molecule has 0 aliphatic heterocycles. The van der Waals surface area contributed by atoms with Crippen molar-refractivity contribution in [3.63, 3.8) is 0 Å². The number of aromatic nitrogens is 2. The molecule has 1 aromatic heterocycles. The van der Waals surface area contributed by atoms with Gasteiger partial charge in [-0.2, -0.15) is 9.37 Å². The number of hydrogen-bond donors (Lipinski definition) is 1. The molecular formula is C10H5F2N3O5. The minimum atomic E-state index is -1.46. The van der Waals surface area contributed by atoms with Crippen molar-refractivity contribution in [2.24, 2.45) is 0 Å². The quantitative estimate of drug-likeness (QED) is 0.668. The van der Waals surface area contributed by atoms with Crippen LogP contribution in [0, 0.1) is 21.7 Å². The van der Waals surface area contributed by atoms with Gasteiger partial charge in [-0.15, -0.1) is 0 Å². The lowest BCUT2D eigenvalue weighted by atomic mass is 10.1. The average Bonchev–Trinajstić information content (AvgIpc) is 2.75. The molecule has 10 heteroatoms. The molecule has 0 saturated heterocycles. The molecule has 2 aromatic rings. The molecule has 1 aromatic carbocycles. The highest BCUT2D eigenvalue weighted by atomic mass is 19.1. The number of carboxylic acids is 1. The van der Waals surface area contributed by atoms with E-state index >= 15 is 0 Å². The third-order valence-corrected chi connectivity index (χ3v) is 2.26. The van der Waals surface area contributed by atoms with E-state index in [9.17, 15) is 23.7 Å². The van der Waals surface area contributed by atoms with Crippen molar-refractivity contribution >= 4 is 11.7 Å². The van der Waals surface area contributed by atoms with Crippen LogP contribution in [0.5, 0.6) is 0 Å². The van der Waals surface area contributed by atoms with Gasteiger partial charge in [0.05, 0.1) is 4.92 Å². The SMILES string of the molecule is O=C(O)Cc1nc(-c2c(F)ccc([N+](=O)[O-])c2F)no1. The van der Waals surface area contributed by atoms with Gasteiger partial charge in [0, 0.05) is 6.07 Å². The fourth-order valence-corrected chi connectivity index (χ4v) is 1.45. The molecule has 1 heterocycles.